The van der Waals surface area contributed by atoms with Crippen molar-refractivity contribution in [2.75, 3.05) is 17.2 Å². The van der Waals surface area contributed by atoms with E-state index >= 15 is 0 Å². The summed E-state index contributed by atoms with van der Waals surface area (Å²) in [5.41, 5.74) is 0.545. The molecule has 0 bridgehead atoms. The standard InChI is InChI=1S/C14H15BrN4O/c1-2-6-16-13-8-10(5-7-17-13)14(20)19-12-4-3-11(15)9-18-12/h3-5,7-9H,2,6H2,1H3,(H,16,17)(H,18,19,20). The number of amides is 1. The molecule has 0 atom stereocenters. The molecule has 0 unspecified atom stereocenters. The summed E-state index contributed by atoms with van der Waals surface area (Å²) in [4.78, 5) is 20.4. The van der Waals surface area contributed by atoms with Gasteiger partial charge in [-0.3, -0.25) is 4.79 Å². The molecule has 1 amide bonds. The first-order chi connectivity index (χ1) is 9.69. The minimum atomic E-state index is -0.207. The molecule has 20 heavy (non-hydrogen) atoms. The number of carbonyl (C=O) groups is 1. The predicted molar refractivity (Wildman–Crippen MR) is 82.9 cm³/mol. The predicted octanol–water partition coefficient (Wildman–Crippen LogP) is 3.31. The highest BCUT2D eigenvalue weighted by molar-refractivity contribution is 9.10. The quantitative estimate of drug-likeness (QED) is 0.880. The Morgan fingerprint density at radius 3 is 2.80 bits per heavy atom. The SMILES string of the molecule is CCCNc1cc(C(=O)Nc2ccc(Br)cn2)ccn1. The molecule has 2 aromatic rings. The zero-order chi connectivity index (χ0) is 14.4. The first-order valence-electron chi connectivity index (χ1n) is 6.32. The highest BCUT2D eigenvalue weighted by atomic mass is 79.9. The lowest BCUT2D eigenvalue weighted by atomic mass is 10.2. The van der Waals surface area contributed by atoms with Gasteiger partial charge in [0.05, 0.1) is 0 Å². The van der Waals surface area contributed by atoms with Gasteiger partial charge in [0.1, 0.15) is 11.6 Å². The molecule has 2 rings (SSSR count). The zero-order valence-corrected chi connectivity index (χ0v) is 12.6. The first kappa shape index (κ1) is 14.5. The minimum absolute atomic E-state index is 0.207. The Hall–Kier alpha value is -1.95. The molecular formula is C14H15BrN4O. The Balaban J connectivity index is 2.06. The molecule has 0 aromatic carbocycles. The van der Waals surface area contributed by atoms with Gasteiger partial charge in [-0.2, -0.15) is 0 Å². The van der Waals surface area contributed by atoms with E-state index in [1.165, 1.54) is 0 Å². The minimum Gasteiger partial charge on any atom is -0.370 e. The first-order valence-corrected chi connectivity index (χ1v) is 7.11. The van der Waals surface area contributed by atoms with E-state index in [4.69, 9.17) is 0 Å². The Morgan fingerprint density at radius 2 is 2.10 bits per heavy atom. The van der Waals surface area contributed by atoms with Gasteiger partial charge in [-0.25, -0.2) is 9.97 Å². The van der Waals surface area contributed by atoms with Gasteiger partial charge in [0.2, 0.25) is 0 Å². The molecule has 0 aliphatic rings. The van der Waals surface area contributed by atoms with Crippen LogP contribution in [0.5, 0.6) is 0 Å². The van der Waals surface area contributed by atoms with E-state index in [1.807, 2.05) is 6.07 Å². The summed E-state index contributed by atoms with van der Waals surface area (Å²) in [6.07, 6.45) is 4.25. The van der Waals surface area contributed by atoms with E-state index in [1.54, 1.807) is 30.6 Å². The van der Waals surface area contributed by atoms with Crippen LogP contribution in [-0.4, -0.2) is 22.4 Å². The second-order valence-electron chi connectivity index (χ2n) is 4.17. The maximum Gasteiger partial charge on any atom is 0.257 e. The molecule has 2 heterocycles. The number of carbonyl (C=O) groups excluding carboxylic acids is 1. The van der Waals surface area contributed by atoms with Gasteiger partial charge in [-0.1, -0.05) is 6.92 Å². The summed E-state index contributed by atoms with van der Waals surface area (Å²) >= 11 is 3.30. The summed E-state index contributed by atoms with van der Waals surface area (Å²) in [6, 6.07) is 6.96. The maximum atomic E-state index is 12.1. The van der Waals surface area contributed by atoms with Gasteiger partial charge in [-0.05, 0) is 46.6 Å². The van der Waals surface area contributed by atoms with E-state index in [0.29, 0.717) is 17.2 Å². The molecule has 0 spiro atoms. The molecule has 0 fully saturated rings. The third-order valence-corrected chi connectivity index (χ3v) is 3.02. The van der Waals surface area contributed by atoms with Crippen LogP contribution in [0.1, 0.15) is 23.7 Å². The van der Waals surface area contributed by atoms with Crippen molar-refractivity contribution in [2.24, 2.45) is 0 Å². The van der Waals surface area contributed by atoms with Crippen LogP contribution >= 0.6 is 15.9 Å². The molecular weight excluding hydrogens is 320 g/mol. The molecule has 104 valence electrons. The number of hydrogen-bond acceptors (Lipinski definition) is 4. The van der Waals surface area contributed by atoms with Crippen molar-refractivity contribution < 1.29 is 4.79 Å². The van der Waals surface area contributed by atoms with Crippen LogP contribution in [0.3, 0.4) is 0 Å². The van der Waals surface area contributed by atoms with Crippen LogP contribution in [-0.2, 0) is 0 Å². The largest absolute Gasteiger partial charge is 0.370 e. The van der Waals surface area contributed by atoms with Crippen LogP contribution in [0.25, 0.3) is 0 Å². The fourth-order valence-electron chi connectivity index (χ4n) is 1.56. The van der Waals surface area contributed by atoms with Crippen LogP contribution in [0.15, 0.2) is 41.1 Å². The normalized spacial score (nSPS) is 10.1. The van der Waals surface area contributed by atoms with Gasteiger partial charge in [-0.15, -0.1) is 0 Å². The van der Waals surface area contributed by atoms with Gasteiger partial charge in [0.15, 0.2) is 0 Å². The Labute approximate surface area is 126 Å². The highest BCUT2D eigenvalue weighted by Gasteiger charge is 2.08. The van der Waals surface area contributed by atoms with Crippen LogP contribution in [0, 0.1) is 0 Å². The molecule has 0 aliphatic heterocycles. The van der Waals surface area contributed by atoms with Gasteiger partial charge >= 0.3 is 0 Å². The topological polar surface area (TPSA) is 66.9 Å². The third kappa shape index (κ3) is 4.03. The van der Waals surface area contributed by atoms with Crippen molar-refractivity contribution in [3.05, 3.63) is 46.7 Å². The van der Waals surface area contributed by atoms with Crippen molar-refractivity contribution in [1.29, 1.82) is 0 Å². The number of nitrogens with zero attached hydrogens (tertiary/aromatic N) is 2. The summed E-state index contributed by atoms with van der Waals surface area (Å²) in [6.45, 7) is 2.90. The lowest BCUT2D eigenvalue weighted by Gasteiger charge is -2.07. The van der Waals surface area contributed by atoms with E-state index in [9.17, 15) is 4.79 Å². The zero-order valence-electron chi connectivity index (χ0n) is 11.1. The average Bonchev–Trinajstić information content (AvgIpc) is 2.48. The maximum absolute atomic E-state index is 12.1. The Kier molecular flexibility index (Phi) is 5.06. The molecule has 0 saturated carbocycles. The molecule has 2 aromatic heterocycles. The molecule has 5 nitrogen and oxygen atoms in total. The fraction of sp³-hybridized carbons (Fsp3) is 0.214. The number of anilines is 2. The van der Waals surface area contributed by atoms with E-state index < -0.39 is 0 Å². The summed E-state index contributed by atoms with van der Waals surface area (Å²) in [7, 11) is 0. The lowest BCUT2D eigenvalue weighted by Crippen LogP contribution is -2.13. The van der Waals surface area contributed by atoms with Crippen molar-refractivity contribution >= 4 is 33.5 Å². The molecule has 6 heteroatoms. The number of pyridine rings is 2. The molecule has 0 aliphatic carbocycles. The Bertz CT molecular complexity index is 586. The van der Waals surface area contributed by atoms with Crippen LogP contribution in [0.2, 0.25) is 0 Å². The van der Waals surface area contributed by atoms with Gasteiger partial charge in [0, 0.05) is 29.0 Å². The van der Waals surface area contributed by atoms with Crippen molar-refractivity contribution in [1.82, 2.24) is 9.97 Å². The van der Waals surface area contributed by atoms with Gasteiger partial charge in [0.25, 0.3) is 5.91 Å². The number of nitrogens with one attached hydrogen (secondary N) is 2. The average molecular weight is 335 g/mol. The second kappa shape index (κ2) is 7.00. The monoisotopic (exact) mass is 334 g/mol. The summed E-state index contributed by atoms with van der Waals surface area (Å²) < 4.78 is 0.866. The van der Waals surface area contributed by atoms with Crippen molar-refractivity contribution in [3.8, 4) is 0 Å². The summed E-state index contributed by atoms with van der Waals surface area (Å²) in [5, 5.41) is 5.89. The Morgan fingerprint density at radius 1 is 1.25 bits per heavy atom. The van der Waals surface area contributed by atoms with Crippen molar-refractivity contribution in [2.45, 2.75) is 13.3 Å². The molecule has 0 radical (unpaired) electrons. The van der Waals surface area contributed by atoms with Crippen molar-refractivity contribution in [3.63, 3.8) is 0 Å². The lowest BCUT2D eigenvalue weighted by molar-refractivity contribution is 0.102. The number of rotatable bonds is 5. The van der Waals surface area contributed by atoms with E-state index in [0.717, 1.165) is 17.4 Å². The van der Waals surface area contributed by atoms with Crippen LogP contribution < -0.4 is 10.6 Å². The number of halogens is 1. The third-order valence-electron chi connectivity index (χ3n) is 2.55. The van der Waals surface area contributed by atoms with Crippen LogP contribution in [0.4, 0.5) is 11.6 Å². The molecule has 0 saturated heterocycles. The fourth-order valence-corrected chi connectivity index (χ4v) is 1.79. The smallest absolute Gasteiger partial charge is 0.257 e. The number of aromatic nitrogens is 2. The second-order valence-corrected chi connectivity index (χ2v) is 5.09. The van der Waals surface area contributed by atoms with Gasteiger partial charge < -0.3 is 10.6 Å². The molecule has 2 N–H and O–H groups in total. The van der Waals surface area contributed by atoms with E-state index in [2.05, 4.69) is 43.5 Å². The summed E-state index contributed by atoms with van der Waals surface area (Å²) in [5.74, 6) is 1.00. The highest BCUT2D eigenvalue weighted by Crippen LogP contribution is 2.13. The van der Waals surface area contributed by atoms with E-state index in [-0.39, 0.29) is 5.91 Å². The number of hydrogen-bond donors (Lipinski definition) is 2.